The van der Waals surface area contributed by atoms with Gasteiger partial charge in [0.2, 0.25) is 11.8 Å². The molecular formula is C17H29N3O2. The number of carbonyl (C=O) groups is 2. The Morgan fingerprint density at radius 1 is 0.864 bits per heavy atom. The van der Waals surface area contributed by atoms with Gasteiger partial charge in [0, 0.05) is 24.5 Å². The number of piperidine rings is 1. The van der Waals surface area contributed by atoms with Gasteiger partial charge in [-0.05, 0) is 45.1 Å². The normalized spacial score (nSPS) is 27.4. The third kappa shape index (κ3) is 4.70. The highest BCUT2D eigenvalue weighted by Gasteiger charge is 2.32. The highest BCUT2D eigenvalue weighted by atomic mass is 16.2. The summed E-state index contributed by atoms with van der Waals surface area (Å²) in [5, 5.41) is 6.34. The molecule has 3 aliphatic rings. The first-order valence-corrected chi connectivity index (χ1v) is 9.03. The standard InChI is InChI=1S/C17H29N3O2/c21-16(18-14-5-2-1-3-6-14)12-20-10-4-7-15(11-20)19-17(22)13-8-9-13/h13-15H,1-12H2,(H,18,21)(H,19,22). The average molecular weight is 307 g/mol. The summed E-state index contributed by atoms with van der Waals surface area (Å²) in [6.45, 7) is 2.26. The molecule has 3 fully saturated rings. The van der Waals surface area contributed by atoms with E-state index in [-0.39, 0.29) is 23.8 Å². The number of rotatable bonds is 5. The molecule has 5 nitrogen and oxygen atoms in total. The molecule has 0 bridgehead atoms. The smallest absolute Gasteiger partial charge is 0.234 e. The Morgan fingerprint density at radius 3 is 2.32 bits per heavy atom. The van der Waals surface area contributed by atoms with Crippen molar-refractivity contribution in [2.24, 2.45) is 5.92 Å². The molecule has 0 aromatic rings. The highest BCUT2D eigenvalue weighted by Crippen LogP contribution is 2.29. The van der Waals surface area contributed by atoms with E-state index >= 15 is 0 Å². The minimum atomic E-state index is 0.154. The van der Waals surface area contributed by atoms with Crippen LogP contribution in [0.3, 0.4) is 0 Å². The summed E-state index contributed by atoms with van der Waals surface area (Å²) in [7, 11) is 0. The van der Waals surface area contributed by atoms with Gasteiger partial charge in [-0.2, -0.15) is 0 Å². The van der Waals surface area contributed by atoms with E-state index in [2.05, 4.69) is 15.5 Å². The molecule has 1 heterocycles. The van der Waals surface area contributed by atoms with Crippen LogP contribution in [0.15, 0.2) is 0 Å². The maximum Gasteiger partial charge on any atom is 0.234 e. The van der Waals surface area contributed by atoms with Crippen molar-refractivity contribution in [1.29, 1.82) is 0 Å². The monoisotopic (exact) mass is 307 g/mol. The SMILES string of the molecule is O=C(CN1CCCC(NC(=O)C2CC2)C1)NC1CCCCC1. The van der Waals surface area contributed by atoms with E-state index < -0.39 is 0 Å². The zero-order valence-corrected chi connectivity index (χ0v) is 13.5. The third-order valence-corrected chi connectivity index (χ3v) is 5.14. The molecule has 2 amide bonds. The lowest BCUT2D eigenvalue weighted by Gasteiger charge is -2.33. The predicted octanol–water partition coefficient (Wildman–Crippen LogP) is 1.43. The molecule has 1 aliphatic heterocycles. The van der Waals surface area contributed by atoms with E-state index in [0.717, 1.165) is 51.6 Å². The number of carbonyl (C=O) groups excluding carboxylic acids is 2. The topological polar surface area (TPSA) is 61.4 Å². The second-order valence-electron chi connectivity index (χ2n) is 7.26. The Balaban J connectivity index is 1.39. The van der Waals surface area contributed by atoms with E-state index in [4.69, 9.17) is 0 Å². The average Bonchev–Trinajstić information content (AvgIpc) is 3.33. The molecule has 1 atom stereocenters. The van der Waals surface area contributed by atoms with Crippen molar-refractivity contribution in [3.63, 3.8) is 0 Å². The van der Waals surface area contributed by atoms with Gasteiger partial charge in [0.25, 0.3) is 0 Å². The molecule has 5 heteroatoms. The Bertz CT molecular complexity index is 403. The maximum absolute atomic E-state index is 12.2. The van der Waals surface area contributed by atoms with E-state index in [1.54, 1.807) is 0 Å². The van der Waals surface area contributed by atoms with Crippen molar-refractivity contribution in [2.75, 3.05) is 19.6 Å². The number of nitrogens with zero attached hydrogens (tertiary/aromatic N) is 1. The van der Waals surface area contributed by atoms with Gasteiger partial charge in [0.15, 0.2) is 0 Å². The van der Waals surface area contributed by atoms with E-state index in [1.165, 1.54) is 19.3 Å². The first kappa shape index (κ1) is 15.8. The molecule has 2 saturated carbocycles. The van der Waals surface area contributed by atoms with Crippen molar-refractivity contribution < 1.29 is 9.59 Å². The minimum Gasteiger partial charge on any atom is -0.352 e. The molecule has 3 rings (SSSR count). The lowest BCUT2D eigenvalue weighted by Crippen LogP contribution is -2.51. The largest absolute Gasteiger partial charge is 0.352 e. The van der Waals surface area contributed by atoms with Gasteiger partial charge in [0.05, 0.1) is 6.54 Å². The fraction of sp³-hybridized carbons (Fsp3) is 0.882. The van der Waals surface area contributed by atoms with Gasteiger partial charge in [-0.1, -0.05) is 19.3 Å². The van der Waals surface area contributed by atoms with Crippen LogP contribution in [0.2, 0.25) is 0 Å². The quantitative estimate of drug-likeness (QED) is 0.807. The maximum atomic E-state index is 12.2. The predicted molar refractivity (Wildman–Crippen MR) is 85.3 cm³/mol. The molecule has 1 unspecified atom stereocenters. The third-order valence-electron chi connectivity index (χ3n) is 5.14. The molecule has 0 aromatic heterocycles. The van der Waals surface area contributed by atoms with Crippen LogP contribution in [0.5, 0.6) is 0 Å². The number of hydrogen-bond acceptors (Lipinski definition) is 3. The van der Waals surface area contributed by atoms with Crippen LogP contribution in [0, 0.1) is 5.92 Å². The highest BCUT2D eigenvalue weighted by molar-refractivity contribution is 5.81. The van der Waals surface area contributed by atoms with Crippen LogP contribution in [-0.4, -0.2) is 48.4 Å². The molecule has 2 N–H and O–H groups in total. The van der Waals surface area contributed by atoms with E-state index in [9.17, 15) is 9.59 Å². The van der Waals surface area contributed by atoms with Crippen molar-refractivity contribution in [3.8, 4) is 0 Å². The summed E-state index contributed by atoms with van der Waals surface area (Å²) in [6, 6.07) is 0.612. The zero-order chi connectivity index (χ0) is 15.4. The van der Waals surface area contributed by atoms with Gasteiger partial charge in [-0.25, -0.2) is 0 Å². The van der Waals surface area contributed by atoms with Crippen LogP contribution >= 0.6 is 0 Å². The number of likely N-dealkylation sites (tertiary alicyclic amines) is 1. The number of hydrogen-bond donors (Lipinski definition) is 2. The Hall–Kier alpha value is -1.10. The van der Waals surface area contributed by atoms with Gasteiger partial charge in [-0.15, -0.1) is 0 Å². The van der Waals surface area contributed by atoms with Crippen LogP contribution in [0.25, 0.3) is 0 Å². The van der Waals surface area contributed by atoms with Crippen LogP contribution in [0.1, 0.15) is 57.8 Å². The number of nitrogens with one attached hydrogen (secondary N) is 2. The summed E-state index contributed by atoms with van der Waals surface area (Å²) in [4.78, 5) is 26.2. The molecule has 0 radical (unpaired) electrons. The van der Waals surface area contributed by atoms with Crippen LogP contribution in [0.4, 0.5) is 0 Å². The Kier molecular flexibility index (Phi) is 5.34. The summed E-state index contributed by atoms with van der Waals surface area (Å²) in [5.41, 5.74) is 0. The molecule has 2 aliphatic carbocycles. The van der Waals surface area contributed by atoms with Gasteiger partial charge in [0.1, 0.15) is 0 Å². The summed E-state index contributed by atoms with van der Waals surface area (Å²) < 4.78 is 0. The molecule has 22 heavy (non-hydrogen) atoms. The zero-order valence-electron chi connectivity index (χ0n) is 13.5. The second kappa shape index (κ2) is 7.44. The van der Waals surface area contributed by atoms with E-state index in [1.807, 2.05) is 0 Å². The van der Waals surface area contributed by atoms with Crippen molar-refractivity contribution in [3.05, 3.63) is 0 Å². The lowest BCUT2D eigenvalue weighted by atomic mass is 9.95. The van der Waals surface area contributed by atoms with Crippen LogP contribution in [-0.2, 0) is 9.59 Å². The van der Waals surface area contributed by atoms with Gasteiger partial charge < -0.3 is 10.6 Å². The van der Waals surface area contributed by atoms with Gasteiger partial charge in [-0.3, -0.25) is 14.5 Å². The van der Waals surface area contributed by atoms with Gasteiger partial charge >= 0.3 is 0 Å². The summed E-state index contributed by atoms with van der Waals surface area (Å²) >= 11 is 0. The first-order chi connectivity index (χ1) is 10.7. The lowest BCUT2D eigenvalue weighted by molar-refractivity contribution is -0.124. The molecule has 0 aromatic carbocycles. The second-order valence-corrected chi connectivity index (χ2v) is 7.26. The molecular weight excluding hydrogens is 278 g/mol. The van der Waals surface area contributed by atoms with Crippen molar-refractivity contribution >= 4 is 11.8 Å². The molecule has 1 saturated heterocycles. The minimum absolute atomic E-state index is 0.154. The summed E-state index contributed by atoms with van der Waals surface area (Å²) in [5.74, 6) is 0.643. The van der Waals surface area contributed by atoms with Crippen molar-refractivity contribution in [1.82, 2.24) is 15.5 Å². The fourth-order valence-electron chi connectivity index (χ4n) is 3.70. The Morgan fingerprint density at radius 2 is 1.59 bits per heavy atom. The van der Waals surface area contributed by atoms with Crippen molar-refractivity contribution in [2.45, 2.75) is 69.9 Å². The fourth-order valence-corrected chi connectivity index (χ4v) is 3.70. The molecule has 124 valence electrons. The molecule has 0 spiro atoms. The van der Waals surface area contributed by atoms with Crippen LogP contribution < -0.4 is 10.6 Å². The first-order valence-electron chi connectivity index (χ1n) is 9.03. The summed E-state index contributed by atoms with van der Waals surface area (Å²) in [6.07, 6.45) is 10.2. The Labute approximate surface area is 133 Å². The number of amides is 2. The van der Waals surface area contributed by atoms with E-state index in [0.29, 0.717) is 12.6 Å².